The molecule has 0 saturated carbocycles. The van der Waals surface area contributed by atoms with Crippen LogP contribution >= 0.6 is 0 Å². The van der Waals surface area contributed by atoms with Crippen LogP contribution in [0.2, 0.25) is 0 Å². The van der Waals surface area contributed by atoms with E-state index in [2.05, 4.69) is 12.6 Å². The molecule has 0 bridgehead atoms. The molecule has 0 aliphatic rings. The first-order valence-corrected chi connectivity index (χ1v) is 3.48. The van der Waals surface area contributed by atoms with E-state index in [-0.39, 0.29) is 11.3 Å². The highest BCUT2D eigenvalue weighted by molar-refractivity contribution is 5.08. The third kappa shape index (κ3) is 1.88. The summed E-state index contributed by atoms with van der Waals surface area (Å²) in [5.74, 6) is 0.275. The first-order chi connectivity index (χ1) is 4.41. The number of hydrogen-bond donors (Lipinski definition) is 0. The Kier molecular flexibility index (Phi) is 2.65. The summed E-state index contributed by atoms with van der Waals surface area (Å²) < 4.78 is 0. The Balaban J connectivity index is 4.37. The van der Waals surface area contributed by atoms with Crippen molar-refractivity contribution in [2.45, 2.75) is 27.7 Å². The highest BCUT2D eigenvalue weighted by atomic mass is 14.4. The number of hydrogen-bond acceptors (Lipinski definition) is 1. The monoisotopic (exact) mass is 137 g/mol. The Labute approximate surface area is 63.4 Å². The van der Waals surface area contributed by atoms with Gasteiger partial charge in [-0.3, -0.25) is 0 Å². The summed E-state index contributed by atoms with van der Waals surface area (Å²) in [4.78, 5) is 0. The largest absolute Gasteiger partial charge is 0.198 e. The standard InChI is InChI=1S/C9H15N/c1-7(2)8(3)9(4,5)6-10/h8H,1H2,2-5H3. The second kappa shape index (κ2) is 2.88. The van der Waals surface area contributed by atoms with E-state index in [4.69, 9.17) is 5.26 Å². The lowest BCUT2D eigenvalue weighted by Gasteiger charge is -2.24. The number of nitrogens with zero attached hydrogens (tertiary/aromatic N) is 1. The van der Waals surface area contributed by atoms with Gasteiger partial charge in [0.1, 0.15) is 0 Å². The van der Waals surface area contributed by atoms with Gasteiger partial charge in [0.25, 0.3) is 0 Å². The molecule has 56 valence electrons. The van der Waals surface area contributed by atoms with Gasteiger partial charge in [-0.05, 0) is 26.7 Å². The van der Waals surface area contributed by atoms with Gasteiger partial charge in [-0.2, -0.15) is 5.26 Å². The van der Waals surface area contributed by atoms with Crippen LogP contribution in [0.1, 0.15) is 27.7 Å². The molecule has 0 spiro atoms. The van der Waals surface area contributed by atoms with Crippen molar-refractivity contribution in [3.05, 3.63) is 12.2 Å². The lowest BCUT2D eigenvalue weighted by molar-refractivity contribution is 0.365. The molecule has 1 nitrogen and oxygen atoms in total. The summed E-state index contributed by atoms with van der Waals surface area (Å²) in [5.41, 5.74) is 0.804. The average Bonchev–Trinajstić information content (AvgIpc) is 1.86. The van der Waals surface area contributed by atoms with Crippen LogP contribution in [-0.4, -0.2) is 0 Å². The van der Waals surface area contributed by atoms with Crippen LogP contribution in [0.5, 0.6) is 0 Å². The minimum absolute atomic E-state index is 0.272. The second-order valence-corrected chi connectivity index (χ2v) is 3.40. The Hall–Kier alpha value is -0.770. The predicted molar refractivity (Wildman–Crippen MR) is 43.4 cm³/mol. The zero-order chi connectivity index (χ0) is 8.36. The van der Waals surface area contributed by atoms with Crippen LogP contribution in [0, 0.1) is 22.7 Å². The fourth-order valence-corrected chi connectivity index (χ4v) is 0.713. The third-order valence-corrected chi connectivity index (χ3v) is 2.11. The van der Waals surface area contributed by atoms with Crippen molar-refractivity contribution >= 4 is 0 Å². The van der Waals surface area contributed by atoms with Crippen LogP contribution in [0.4, 0.5) is 0 Å². The molecule has 0 fully saturated rings. The lowest BCUT2D eigenvalue weighted by atomic mass is 9.78. The second-order valence-electron chi connectivity index (χ2n) is 3.40. The maximum atomic E-state index is 8.72. The van der Waals surface area contributed by atoms with Crippen molar-refractivity contribution in [1.82, 2.24) is 0 Å². The summed E-state index contributed by atoms with van der Waals surface area (Å²) in [7, 11) is 0. The lowest BCUT2D eigenvalue weighted by Crippen LogP contribution is -2.19. The molecule has 0 aromatic rings. The quantitative estimate of drug-likeness (QED) is 0.537. The molecule has 0 aliphatic carbocycles. The van der Waals surface area contributed by atoms with E-state index in [1.54, 1.807) is 0 Å². The van der Waals surface area contributed by atoms with Crippen molar-refractivity contribution in [3.8, 4) is 6.07 Å². The molecule has 0 aromatic heterocycles. The van der Waals surface area contributed by atoms with Crippen LogP contribution in [0.25, 0.3) is 0 Å². The van der Waals surface area contributed by atoms with Crippen molar-refractivity contribution in [2.24, 2.45) is 11.3 Å². The Morgan fingerprint density at radius 2 is 2.00 bits per heavy atom. The van der Waals surface area contributed by atoms with Gasteiger partial charge in [-0.1, -0.05) is 19.1 Å². The molecule has 0 saturated heterocycles. The van der Waals surface area contributed by atoms with E-state index in [0.29, 0.717) is 0 Å². The fraction of sp³-hybridized carbons (Fsp3) is 0.667. The van der Waals surface area contributed by atoms with Crippen LogP contribution in [0.15, 0.2) is 12.2 Å². The Morgan fingerprint density at radius 3 is 2.10 bits per heavy atom. The third-order valence-electron chi connectivity index (χ3n) is 2.11. The topological polar surface area (TPSA) is 23.8 Å². The molecule has 0 N–H and O–H groups in total. The van der Waals surface area contributed by atoms with E-state index >= 15 is 0 Å². The molecule has 1 atom stereocenters. The number of rotatable bonds is 2. The van der Waals surface area contributed by atoms with Crippen molar-refractivity contribution in [3.63, 3.8) is 0 Å². The normalized spacial score (nSPS) is 13.9. The summed E-state index contributed by atoms with van der Waals surface area (Å²) in [5, 5.41) is 8.72. The van der Waals surface area contributed by atoms with Gasteiger partial charge in [-0.25, -0.2) is 0 Å². The van der Waals surface area contributed by atoms with Gasteiger partial charge in [0.05, 0.1) is 11.5 Å². The molecule has 0 amide bonds. The molecular weight excluding hydrogens is 122 g/mol. The van der Waals surface area contributed by atoms with Gasteiger partial charge in [0.15, 0.2) is 0 Å². The number of nitriles is 1. The maximum Gasteiger partial charge on any atom is 0.0690 e. The van der Waals surface area contributed by atoms with E-state index < -0.39 is 0 Å². The molecule has 0 heterocycles. The zero-order valence-electron chi connectivity index (χ0n) is 7.23. The SMILES string of the molecule is C=C(C)C(C)C(C)(C)C#N. The molecule has 0 radical (unpaired) electrons. The van der Waals surface area contributed by atoms with Gasteiger partial charge in [-0.15, -0.1) is 0 Å². The molecule has 0 rings (SSSR count). The van der Waals surface area contributed by atoms with Crippen molar-refractivity contribution in [1.29, 1.82) is 5.26 Å². The van der Waals surface area contributed by atoms with Gasteiger partial charge in [0, 0.05) is 0 Å². The molecule has 10 heavy (non-hydrogen) atoms. The van der Waals surface area contributed by atoms with E-state index in [1.807, 2.05) is 27.7 Å². The summed E-state index contributed by atoms with van der Waals surface area (Å²) in [6.07, 6.45) is 0. The molecule has 0 aromatic carbocycles. The molecule has 1 heteroatoms. The van der Waals surface area contributed by atoms with Crippen LogP contribution in [0.3, 0.4) is 0 Å². The minimum atomic E-state index is -0.272. The Bertz CT molecular complexity index is 172. The summed E-state index contributed by atoms with van der Waals surface area (Å²) in [6.45, 7) is 11.7. The maximum absolute atomic E-state index is 8.72. The summed E-state index contributed by atoms with van der Waals surface area (Å²) in [6, 6.07) is 2.26. The van der Waals surface area contributed by atoms with Gasteiger partial charge >= 0.3 is 0 Å². The molecular formula is C9H15N. The van der Waals surface area contributed by atoms with Gasteiger partial charge < -0.3 is 0 Å². The predicted octanol–water partition coefficient (Wildman–Crippen LogP) is 2.75. The highest BCUT2D eigenvalue weighted by Crippen LogP contribution is 2.29. The van der Waals surface area contributed by atoms with Crippen molar-refractivity contribution in [2.75, 3.05) is 0 Å². The summed E-state index contributed by atoms with van der Waals surface area (Å²) >= 11 is 0. The van der Waals surface area contributed by atoms with Gasteiger partial charge in [0.2, 0.25) is 0 Å². The van der Waals surface area contributed by atoms with E-state index in [9.17, 15) is 0 Å². The van der Waals surface area contributed by atoms with E-state index in [0.717, 1.165) is 5.57 Å². The minimum Gasteiger partial charge on any atom is -0.198 e. The average molecular weight is 137 g/mol. The van der Waals surface area contributed by atoms with E-state index in [1.165, 1.54) is 0 Å². The molecule has 0 aliphatic heterocycles. The Morgan fingerprint density at radius 1 is 1.60 bits per heavy atom. The molecule has 1 unspecified atom stereocenters. The number of allylic oxidation sites excluding steroid dienone is 1. The van der Waals surface area contributed by atoms with Crippen LogP contribution < -0.4 is 0 Å². The van der Waals surface area contributed by atoms with Crippen LogP contribution in [-0.2, 0) is 0 Å². The first-order valence-electron chi connectivity index (χ1n) is 3.48. The van der Waals surface area contributed by atoms with Crippen molar-refractivity contribution < 1.29 is 0 Å². The first kappa shape index (κ1) is 9.23. The zero-order valence-corrected chi connectivity index (χ0v) is 7.23. The highest BCUT2D eigenvalue weighted by Gasteiger charge is 2.25. The fourth-order valence-electron chi connectivity index (χ4n) is 0.713. The smallest absolute Gasteiger partial charge is 0.0690 e.